The van der Waals surface area contributed by atoms with Crippen LogP contribution in [0.1, 0.15) is 17.2 Å². The number of fused-ring (bicyclic) bond motifs is 3. The van der Waals surface area contributed by atoms with Gasteiger partial charge in [0.25, 0.3) is 0 Å². The number of hydrogen-bond acceptors (Lipinski definition) is 5. The van der Waals surface area contributed by atoms with Crippen LogP contribution in [-0.2, 0) is 0 Å². The highest BCUT2D eigenvalue weighted by Gasteiger charge is 2.31. The number of thioether (sulfide) groups is 1. The number of para-hydroxylation sites is 3. The highest BCUT2D eigenvalue weighted by Crippen LogP contribution is 2.51. The maximum atomic E-state index is 5.29. The van der Waals surface area contributed by atoms with Crippen LogP contribution in [0.5, 0.6) is 0 Å². The minimum absolute atomic E-state index is 0.271. The molecule has 5 heteroatoms. The van der Waals surface area contributed by atoms with Gasteiger partial charge in [0, 0.05) is 46.1 Å². The number of nitrogens with zero attached hydrogens (tertiary/aromatic N) is 3. The molecule has 0 saturated heterocycles. The van der Waals surface area contributed by atoms with Crippen molar-refractivity contribution in [3.05, 3.63) is 103 Å². The Morgan fingerprint density at radius 3 is 1.97 bits per heavy atom. The van der Waals surface area contributed by atoms with Gasteiger partial charge in [0.05, 0.1) is 17.1 Å². The van der Waals surface area contributed by atoms with Crippen molar-refractivity contribution in [2.24, 2.45) is 4.99 Å². The number of amidine groups is 1. The summed E-state index contributed by atoms with van der Waals surface area (Å²) in [5, 5.41) is 0.271. The predicted octanol–water partition coefficient (Wildman–Crippen LogP) is 8.32. The first-order valence-electron chi connectivity index (χ1n) is 11.4. The fraction of sp³-hybridized carbons (Fsp3) is 0.138. The van der Waals surface area contributed by atoms with Crippen LogP contribution in [0.4, 0.5) is 22.7 Å². The minimum Gasteiger partial charge on any atom is -0.378 e. The lowest BCUT2D eigenvalue weighted by Gasteiger charge is -2.34. The van der Waals surface area contributed by atoms with Crippen molar-refractivity contribution in [2.75, 3.05) is 23.9 Å². The summed E-state index contributed by atoms with van der Waals surface area (Å²) in [7, 11) is 4.17. The quantitative estimate of drug-likeness (QED) is 0.288. The fourth-order valence-electron chi connectivity index (χ4n) is 4.49. The van der Waals surface area contributed by atoms with Gasteiger partial charge in [-0.3, -0.25) is 4.90 Å². The Kier molecular flexibility index (Phi) is 5.60. The van der Waals surface area contributed by atoms with E-state index in [1.165, 1.54) is 37.3 Å². The highest BCUT2D eigenvalue weighted by molar-refractivity contribution is 8.00. The molecule has 4 aromatic rings. The lowest BCUT2D eigenvalue weighted by atomic mass is 10.1. The Hall–Kier alpha value is -3.15. The van der Waals surface area contributed by atoms with E-state index in [-0.39, 0.29) is 5.25 Å². The molecule has 1 atom stereocenters. The van der Waals surface area contributed by atoms with Crippen LogP contribution in [-0.4, -0.2) is 19.9 Å². The van der Waals surface area contributed by atoms with Crippen LogP contribution in [0.15, 0.2) is 117 Å². The first-order valence-corrected chi connectivity index (χ1v) is 13.1. The third-order valence-electron chi connectivity index (χ3n) is 6.22. The van der Waals surface area contributed by atoms with Crippen molar-refractivity contribution >= 4 is 52.1 Å². The average Bonchev–Trinajstić information content (AvgIpc) is 3.07. The Morgan fingerprint density at radius 1 is 0.735 bits per heavy atom. The molecule has 2 aliphatic rings. The lowest BCUT2D eigenvalue weighted by Crippen LogP contribution is -2.29. The van der Waals surface area contributed by atoms with E-state index in [0.29, 0.717) is 0 Å². The zero-order valence-electron chi connectivity index (χ0n) is 19.2. The normalized spacial score (nSPS) is 16.6. The van der Waals surface area contributed by atoms with Gasteiger partial charge in [0.15, 0.2) is 0 Å². The van der Waals surface area contributed by atoms with Crippen molar-refractivity contribution in [2.45, 2.75) is 26.4 Å². The molecule has 0 fully saturated rings. The summed E-state index contributed by atoms with van der Waals surface area (Å²) in [5.74, 6) is 1.08. The summed E-state index contributed by atoms with van der Waals surface area (Å²) in [4.78, 5) is 13.6. The molecule has 0 aliphatic carbocycles. The molecular weight excluding hydrogens is 454 g/mol. The van der Waals surface area contributed by atoms with Gasteiger partial charge in [-0.1, -0.05) is 60.3 Å². The van der Waals surface area contributed by atoms with Gasteiger partial charge < -0.3 is 4.90 Å². The van der Waals surface area contributed by atoms with E-state index in [2.05, 4.69) is 121 Å². The summed E-state index contributed by atoms with van der Waals surface area (Å²) in [6, 6.07) is 34.8. The molecule has 1 unspecified atom stereocenters. The fourth-order valence-corrected chi connectivity index (χ4v) is 6.77. The van der Waals surface area contributed by atoms with E-state index >= 15 is 0 Å². The number of hydrogen-bond donors (Lipinski definition) is 0. The molecule has 0 radical (unpaired) electrons. The Morgan fingerprint density at radius 2 is 1.32 bits per heavy atom. The van der Waals surface area contributed by atoms with E-state index in [9.17, 15) is 0 Å². The maximum absolute atomic E-state index is 5.29. The van der Waals surface area contributed by atoms with Crippen LogP contribution < -0.4 is 9.80 Å². The van der Waals surface area contributed by atoms with E-state index in [1.807, 2.05) is 23.5 Å². The average molecular weight is 480 g/mol. The minimum atomic E-state index is 0.271. The molecule has 3 nitrogen and oxygen atoms in total. The molecule has 0 N–H and O–H groups in total. The van der Waals surface area contributed by atoms with Gasteiger partial charge in [-0.15, -0.1) is 11.8 Å². The first kappa shape index (κ1) is 21.4. The third kappa shape index (κ3) is 3.89. The second kappa shape index (κ2) is 8.90. The van der Waals surface area contributed by atoms with E-state index in [1.54, 1.807) is 0 Å². The smallest absolute Gasteiger partial charge is 0.115 e. The summed E-state index contributed by atoms with van der Waals surface area (Å²) in [6.45, 7) is 0. The monoisotopic (exact) mass is 479 g/mol. The number of aliphatic imine (C=N–C) groups is 1. The molecule has 2 aliphatic heterocycles. The number of benzene rings is 4. The van der Waals surface area contributed by atoms with Crippen molar-refractivity contribution in [1.82, 2.24) is 0 Å². The van der Waals surface area contributed by atoms with Crippen LogP contribution in [0.2, 0.25) is 0 Å². The zero-order chi connectivity index (χ0) is 23.1. The van der Waals surface area contributed by atoms with Crippen LogP contribution >= 0.6 is 23.5 Å². The standard InChI is InChI=1S/C29H25N3S2/c1-31(2)21-17-15-20(16-18-21)28-19-29(30-22-9-3-6-12-25(22)33-28)32-23-10-4-7-13-26(23)34-27-14-8-5-11-24(27)32/h3-18,28H,19H2,1-2H3. The highest BCUT2D eigenvalue weighted by atomic mass is 32.2. The van der Waals surface area contributed by atoms with Gasteiger partial charge >= 0.3 is 0 Å². The molecule has 168 valence electrons. The van der Waals surface area contributed by atoms with Gasteiger partial charge in [0.1, 0.15) is 5.84 Å². The molecule has 0 bridgehead atoms. The van der Waals surface area contributed by atoms with Crippen LogP contribution in [0.25, 0.3) is 0 Å². The topological polar surface area (TPSA) is 18.8 Å². The Labute approximate surface area is 209 Å². The van der Waals surface area contributed by atoms with Gasteiger partial charge in [-0.05, 0) is 54.1 Å². The SMILES string of the molecule is CN(C)c1ccc(C2CC(N3c4ccccc4Sc4ccccc43)=Nc3ccccc3S2)cc1. The molecule has 0 aromatic heterocycles. The van der Waals surface area contributed by atoms with Crippen LogP contribution in [0.3, 0.4) is 0 Å². The molecule has 0 saturated carbocycles. The van der Waals surface area contributed by atoms with Gasteiger partial charge in [-0.2, -0.15) is 0 Å². The number of rotatable bonds is 2. The molecule has 4 aromatic carbocycles. The number of anilines is 3. The van der Waals surface area contributed by atoms with E-state index in [4.69, 9.17) is 4.99 Å². The summed E-state index contributed by atoms with van der Waals surface area (Å²) in [5.41, 5.74) is 6.00. The van der Waals surface area contributed by atoms with Gasteiger partial charge in [0.2, 0.25) is 0 Å². The van der Waals surface area contributed by atoms with E-state index in [0.717, 1.165) is 17.9 Å². The van der Waals surface area contributed by atoms with Crippen molar-refractivity contribution < 1.29 is 0 Å². The summed E-state index contributed by atoms with van der Waals surface area (Å²) >= 11 is 3.75. The largest absolute Gasteiger partial charge is 0.378 e. The van der Waals surface area contributed by atoms with Crippen LogP contribution in [0, 0.1) is 0 Å². The molecular formula is C29H25N3S2. The predicted molar refractivity (Wildman–Crippen MR) is 147 cm³/mol. The second-order valence-corrected chi connectivity index (χ2v) is 11.0. The molecule has 0 amide bonds. The second-order valence-electron chi connectivity index (χ2n) is 8.67. The van der Waals surface area contributed by atoms with E-state index < -0.39 is 0 Å². The van der Waals surface area contributed by atoms with Gasteiger partial charge in [-0.25, -0.2) is 4.99 Å². The Bertz CT molecular complexity index is 1330. The molecule has 34 heavy (non-hydrogen) atoms. The van der Waals surface area contributed by atoms with Crippen molar-refractivity contribution in [3.8, 4) is 0 Å². The van der Waals surface area contributed by atoms with Crippen molar-refractivity contribution in [3.63, 3.8) is 0 Å². The Balaban J connectivity index is 1.49. The summed E-state index contributed by atoms with van der Waals surface area (Å²) in [6.07, 6.45) is 0.841. The summed E-state index contributed by atoms with van der Waals surface area (Å²) < 4.78 is 0. The lowest BCUT2D eigenvalue weighted by molar-refractivity contribution is 0.982. The molecule has 0 spiro atoms. The molecule has 6 rings (SSSR count). The van der Waals surface area contributed by atoms with Crippen molar-refractivity contribution in [1.29, 1.82) is 0 Å². The third-order valence-corrected chi connectivity index (χ3v) is 8.68. The zero-order valence-corrected chi connectivity index (χ0v) is 20.8. The first-order chi connectivity index (χ1) is 16.7. The molecule has 2 heterocycles. The maximum Gasteiger partial charge on any atom is 0.115 e.